The van der Waals surface area contributed by atoms with Gasteiger partial charge in [-0.25, -0.2) is 4.79 Å². The number of aromatic nitrogens is 2. The first kappa shape index (κ1) is 10.4. The molecule has 78 valence electrons. The highest BCUT2D eigenvalue weighted by Gasteiger charge is 2.20. The summed E-state index contributed by atoms with van der Waals surface area (Å²) in [5, 5.41) is 14.9. The van der Waals surface area contributed by atoms with E-state index in [-0.39, 0.29) is 0 Å². The number of carboxylic acid groups (broad SMARTS) is 1. The normalized spacial score (nSPS) is 11.3. The zero-order valence-electron chi connectivity index (χ0n) is 8.19. The van der Waals surface area contributed by atoms with E-state index >= 15 is 0 Å². The van der Waals surface area contributed by atoms with E-state index in [9.17, 15) is 4.79 Å². The lowest BCUT2D eigenvalue weighted by atomic mass is 10.1. The molecule has 0 saturated heterocycles. The third kappa shape index (κ3) is 2.96. The lowest BCUT2D eigenvalue weighted by molar-refractivity contribution is 0.178. The third-order valence-corrected chi connectivity index (χ3v) is 1.66. The Kier molecular flexibility index (Phi) is 2.64. The lowest BCUT2D eigenvalue weighted by Gasteiger charge is -2.24. The van der Waals surface area contributed by atoms with Gasteiger partial charge in [-0.2, -0.15) is 5.10 Å². The molecule has 0 unspecified atom stereocenters. The van der Waals surface area contributed by atoms with Crippen molar-refractivity contribution in [1.82, 2.24) is 15.1 Å². The molecule has 4 N–H and O–H groups in total. The maximum Gasteiger partial charge on any atom is 0.405 e. The predicted octanol–water partition coefficient (Wildman–Crippen LogP) is 0.511. The SMILES string of the molecule is CC(C)(Cn1cc(N)cn1)NC(=O)O. The zero-order valence-corrected chi connectivity index (χ0v) is 8.19. The molecule has 0 bridgehead atoms. The summed E-state index contributed by atoms with van der Waals surface area (Å²) in [4.78, 5) is 10.4. The van der Waals surface area contributed by atoms with Gasteiger partial charge < -0.3 is 16.2 Å². The molecular formula is C8H14N4O2. The van der Waals surface area contributed by atoms with Gasteiger partial charge in [0.2, 0.25) is 0 Å². The van der Waals surface area contributed by atoms with Crippen LogP contribution in [-0.2, 0) is 6.54 Å². The summed E-state index contributed by atoms with van der Waals surface area (Å²) in [6.45, 7) is 3.99. The Bertz CT molecular complexity index is 332. The van der Waals surface area contributed by atoms with Crippen molar-refractivity contribution in [2.24, 2.45) is 0 Å². The van der Waals surface area contributed by atoms with Crippen LogP contribution in [-0.4, -0.2) is 26.5 Å². The van der Waals surface area contributed by atoms with Crippen LogP contribution < -0.4 is 11.1 Å². The number of amides is 1. The van der Waals surface area contributed by atoms with Crippen molar-refractivity contribution in [3.8, 4) is 0 Å². The van der Waals surface area contributed by atoms with E-state index in [0.717, 1.165) is 0 Å². The molecule has 0 aliphatic heterocycles. The summed E-state index contributed by atoms with van der Waals surface area (Å²) in [5.41, 5.74) is 5.48. The summed E-state index contributed by atoms with van der Waals surface area (Å²) in [6, 6.07) is 0. The van der Waals surface area contributed by atoms with E-state index < -0.39 is 11.6 Å². The molecule has 1 aromatic heterocycles. The number of nitrogens with one attached hydrogen (secondary N) is 1. The molecule has 0 radical (unpaired) electrons. The van der Waals surface area contributed by atoms with Gasteiger partial charge in [0.05, 0.1) is 24.0 Å². The number of hydrogen-bond donors (Lipinski definition) is 3. The number of carbonyl (C=O) groups is 1. The first-order valence-electron chi connectivity index (χ1n) is 4.18. The van der Waals surface area contributed by atoms with E-state index in [2.05, 4.69) is 10.4 Å². The molecule has 6 nitrogen and oxygen atoms in total. The summed E-state index contributed by atoms with van der Waals surface area (Å²) in [7, 11) is 0. The van der Waals surface area contributed by atoms with E-state index in [1.54, 1.807) is 24.7 Å². The first-order chi connectivity index (χ1) is 6.39. The molecule has 1 rings (SSSR count). The lowest BCUT2D eigenvalue weighted by Crippen LogP contribution is -2.46. The average molecular weight is 198 g/mol. The Morgan fingerprint density at radius 1 is 1.79 bits per heavy atom. The van der Waals surface area contributed by atoms with Crippen LogP contribution in [0.2, 0.25) is 0 Å². The fourth-order valence-corrected chi connectivity index (χ4v) is 1.20. The van der Waals surface area contributed by atoms with Crippen molar-refractivity contribution in [1.29, 1.82) is 0 Å². The molecule has 0 saturated carbocycles. The Balaban J connectivity index is 2.63. The van der Waals surface area contributed by atoms with Crippen LogP contribution in [0.25, 0.3) is 0 Å². The van der Waals surface area contributed by atoms with Crippen molar-refractivity contribution < 1.29 is 9.90 Å². The van der Waals surface area contributed by atoms with Gasteiger partial charge >= 0.3 is 6.09 Å². The third-order valence-electron chi connectivity index (χ3n) is 1.66. The minimum Gasteiger partial charge on any atom is -0.465 e. The molecule has 14 heavy (non-hydrogen) atoms. The summed E-state index contributed by atoms with van der Waals surface area (Å²) in [6.07, 6.45) is 2.14. The smallest absolute Gasteiger partial charge is 0.405 e. The largest absolute Gasteiger partial charge is 0.465 e. The van der Waals surface area contributed by atoms with Crippen LogP contribution in [0.3, 0.4) is 0 Å². The molecule has 0 atom stereocenters. The fourth-order valence-electron chi connectivity index (χ4n) is 1.20. The molecule has 0 spiro atoms. The van der Waals surface area contributed by atoms with Crippen molar-refractivity contribution in [3.63, 3.8) is 0 Å². The van der Waals surface area contributed by atoms with Crippen molar-refractivity contribution in [2.75, 3.05) is 5.73 Å². The van der Waals surface area contributed by atoms with Gasteiger partial charge in [0, 0.05) is 6.20 Å². The number of anilines is 1. The van der Waals surface area contributed by atoms with Gasteiger partial charge in [0.15, 0.2) is 0 Å². The molecule has 0 aromatic carbocycles. The quantitative estimate of drug-likeness (QED) is 0.659. The first-order valence-corrected chi connectivity index (χ1v) is 4.18. The van der Waals surface area contributed by atoms with Crippen LogP contribution in [0, 0.1) is 0 Å². The Labute approximate surface area is 81.7 Å². The topological polar surface area (TPSA) is 93.2 Å². The maximum atomic E-state index is 10.4. The van der Waals surface area contributed by atoms with Crippen LogP contribution >= 0.6 is 0 Å². The van der Waals surface area contributed by atoms with Gasteiger partial charge in [-0.05, 0) is 13.8 Å². The standard InChI is InChI=1S/C8H14N4O2/c1-8(2,11-7(13)14)5-12-4-6(9)3-10-12/h3-4,11H,5,9H2,1-2H3,(H,13,14). The average Bonchev–Trinajstić information content (AvgIpc) is 2.30. The van der Waals surface area contributed by atoms with Gasteiger partial charge in [-0.1, -0.05) is 0 Å². The van der Waals surface area contributed by atoms with E-state index in [1.165, 1.54) is 6.20 Å². The monoisotopic (exact) mass is 198 g/mol. The van der Waals surface area contributed by atoms with Crippen LogP contribution in [0.5, 0.6) is 0 Å². The second-order valence-corrected chi connectivity index (χ2v) is 3.79. The van der Waals surface area contributed by atoms with Crippen LogP contribution in [0.15, 0.2) is 12.4 Å². The van der Waals surface area contributed by atoms with Gasteiger partial charge in [0.1, 0.15) is 0 Å². The maximum absolute atomic E-state index is 10.4. The second kappa shape index (κ2) is 3.57. The van der Waals surface area contributed by atoms with Crippen molar-refractivity contribution >= 4 is 11.8 Å². The summed E-state index contributed by atoms with van der Waals surface area (Å²) in [5.74, 6) is 0. The number of rotatable bonds is 3. The minimum absolute atomic E-state index is 0.441. The second-order valence-electron chi connectivity index (χ2n) is 3.79. The predicted molar refractivity (Wildman–Crippen MR) is 51.9 cm³/mol. The summed E-state index contributed by atoms with van der Waals surface area (Å²) < 4.78 is 1.60. The highest BCUT2D eigenvalue weighted by Crippen LogP contribution is 2.07. The molecule has 0 aliphatic rings. The Morgan fingerprint density at radius 2 is 2.43 bits per heavy atom. The van der Waals surface area contributed by atoms with Gasteiger partial charge in [-0.3, -0.25) is 4.68 Å². The van der Waals surface area contributed by atoms with E-state index in [0.29, 0.717) is 12.2 Å². The van der Waals surface area contributed by atoms with E-state index in [1.807, 2.05) is 0 Å². The van der Waals surface area contributed by atoms with Crippen LogP contribution in [0.1, 0.15) is 13.8 Å². The molecule has 1 amide bonds. The number of hydrogen-bond acceptors (Lipinski definition) is 3. The van der Waals surface area contributed by atoms with Crippen molar-refractivity contribution in [3.05, 3.63) is 12.4 Å². The highest BCUT2D eigenvalue weighted by atomic mass is 16.4. The van der Waals surface area contributed by atoms with Gasteiger partial charge in [-0.15, -0.1) is 0 Å². The Hall–Kier alpha value is -1.72. The van der Waals surface area contributed by atoms with Crippen LogP contribution in [0.4, 0.5) is 10.5 Å². The minimum atomic E-state index is -1.05. The van der Waals surface area contributed by atoms with Crippen molar-refractivity contribution in [2.45, 2.75) is 25.9 Å². The van der Waals surface area contributed by atoms with E-state index in [4.69, 9.17) is 10.8 Å². The fraction of sp³-hybridized carbons (Fsp3) is 0.500. The molecule has 6 heteroatoms. The summed E-state index contributed by atoms with van der Waals surface area (Å²) >= 11 is 0. The molecule has 0 fully saturated rings. The molecule has 0 aliphatic carbocycles. The molecule has 1 heterocycles. The Morgan fingerprint density at radius 3 is 2.86 bits per heavy atom. The molecule has 1 aromatic rings. The zero-order chi connectivity index (χ0) is 10.8. The van der Waals surface area contributed by atoms with Gasteiger partial charge in [0.25, 0.3) is 0 Å². The highest BCUT2D eigenvalue weighted by molar-refractivity contribution is 5.65. The number of nitrogen functional groups attached to an aromatic ring is 1. The number of nitrogens with two attached hydrogens (primary N) is 1. The molecular weight excluding hydrogens is 184 g/mol. The number of nitrogens with zero attached hydrogens (tertiary/aromatic N) is 2.